The number of amides is 1. The number of carbonyl (C=O) groups excluding carboxylic acids is 1. The van der Waals surface area contributed by atoms with Gasteiger partial charge in [-0.1, -0.05) is 54.9 Å². The molecule has 1 amide bonds. The average molecular weight is 430 g/mol. The predicted octanol–water partition coefficient (Wildman–Crippen LogP) is 5.00. The third-order valence-electron chi connectivity index (χ3n) is 6.23. The Labute approximate surface area is 185 Å². The lowest BCUT2D eigenvalue weighted by Crippen LogP contribution is -2.60. The first-order valence-corrected chi connectivity index (χ1v) is 10.7. The fraction of sp³-hybridized carbons (Fsp3) is 0.160. The number of ether oxygens (including phenoxy) is 1. The van der Waals surface area contributed by atoms with E-state index in [0.717, 1.165) is 40.1 Å². The summed E-state index contributed by atoms with van der Waals surface area (Å²) < 4.78 is 6.53. The quantitative estimate of drug-likeness (QED) is 0.601. The molecular formula is C25H20ClN3O2. The maximum atomic E-state index is 13.5. The fourth-order valence-corrected chi connectivity index (χ4v) is 4.85. The standard InChI is InChI=1S/C25H20ClN3O2/c1-2-15-8-10-20-19(12-15)25(24(30)27-20)29-22(18-13-17(26)9-11-23(18)31-25)14-21(28-29)16-6-4-3-5-7-16/h3-14,22,28H,2H2,1H3,(H,27,30). The summed E-state index contributed by atoms with van der Waals surface area (Å²) in [5.74, 6) is 0.444. The van der Waals surface area contributed by atoms with Gasteiger partial charge in [-0.15, -0.1) is 0 Å². The zero-order valence-electron chi connectivity index (χ0n) is 16.9. The van der Waals surface area contributed by atoms with Crippen molar-refractivity contribution in [1.82, 2.24) is 10.4 Å². The number of hydrogen-bond donors (Lipinski definition) is 2. The molecular weight excluding hydrogens is 410 g/mol. The third kappa shape index (κ3) is 2.57. The van der Waals surface area contributed by atoms with Crippen LogP contribution in [0.3, 0.4) is 0 Å². The molecule has 0 saturated heterocycles. The molecule has 0 fully saturated rings. The van der Waals surface area contributed by atoms with Gasteiger partial charge in [0, 0.05) is 16.1 Å². The number of aryl methyl sites for hydroxylation is 1. The third-order valence-corrected chi connectivity index (χ3v) is 6.46. The number of hydrogen-bond acceptors (Lipinski definition) is 4. The first-order valence-electron chi connectivity index (χ1n) is 10.4. The summed E-state index contributed by atoms with van der Waals surface area (Å²) in [6, 6.07) is 21.5. The van der Waals surface area contributed by atoms with E-state index in [1.807, 2.05) is 59.6 Å². The highest BCUT2D eigenvalue weighted by molar-refractivity contribution is 6.30. The van der Waals surface area contributed by atoms with Crippen molar-refractivity contribution < 1.29 is 9.53 Å². The maximum Gasteiger partial charge on any atom is 0.291 e. The Hall–Kier alpha value is -3.28. The molecule has 0 aromatic heterocycles. The van der Waals surface area contributed by atoms with E-state index in [-0.39, 0.29) is 11.9 Å². The highest BCUT2D eigenvalue weighted by Gasteiger charge is 2.60. The first kappa shape index (κ1) is 18.5. The van der Waals surface area contributed by atoms with Crippen LogP contribution in [0.15, 0.2) is 72.8 Å². The van der Waals surface area contributed by atoms with Gasteiger partial charge in [0.05, 0.1) is 17.4 Å². The minimum Gasteiger partial charge on any atom is -0.457 e. The maximum absolute atomic E-state index is 13.5. The second kappa shape index (κ2) is 6.61. The van der Waals surface area contributed by atoms with Crippen molar-refractivity contribution in [3.8, 4) is 5.75 Å². The SMILES string of the molecule is CCc1ccc2c(c1)C1(Oc3ccc(Cl)cc3C3C=C(c4ccccc4)NN31)C(=O)N2. The summed E-state index contributed by atoms with van der Waals surface area (Å²) in [5.41, 5.74) is 7.78. The fourth-order valence-electron chi connectivity index (χ4n) is 4.67. The van der Waals surface area contributed by atoms with E-state index in [1.54, 1.807) is 6.07 Å². The van der Waals surface area contributed by atoms with Gasteiger partial charge in [0.25, 0.3) is 11.6 Å². The van der Waals surface area contributed by atoms with Crippen molar-refractivity contribution >= 4 is 28.9 Å². The van der Waals surface area contributed by atoms with Gasteiger partial charge < -0.3 is 15.5 Å². The predicted molar refractivity (Wildman–Crippen MR) is 120 cm³/mol. The second-order valence-electron chi connectivity index (χ2n) is 7.99. The van der Waals surface area contributed by atoms with Gasteiger partial charge >= 0.3 is 0 Å². The molecule has 3 aliphatic rings. The van der Waals surface area contributed by atoms with E-state index in [4.69, 9.17) is 16.3 Å². The van der Waals surface area contributed by atoms with Crippen LogP contribution in [0.4, 0.5) is 5.69 Å². The highest BCUT2D eigenvalue weighted by Crippen LogP contribution is 2.53. The lowest BCUT2D eigenvalue weighted by Gasteiger charge is -2.44. The lowest BCUT2D eigenvalue weighted by atomic mass is 9.94. The number of hydrazine groups is 1. The molecule has 3 aromatic carbocycles. The molecule has 5 nitrogen and oxygen atoms in total. The van der Waals surface area contributed by atoms with E-state index < -0.39 is 5.72 Å². The summed E-state index contributed by atoms with van der Waals surface area (Å²) in [7, 11) is 0. The van der Waals surface area contributed by atoms with Gasteiger partial charge in [-0.2, -0.15) is 5.01 Å². The van der Waals surface area contributed by atoms with E-state index in [1.165, 1.54) is 0 Å². The monoisotopic (exact) mass is 429 g/mol. The van der Waals surface area contributed by atoms with Crippen LogP contribution < -0.4 is 15.5 Å². The summed E-state index contributed by atoms with van der Waals surface area (Å²) in [4.78, 5) is 13.5. The lowest BCUT2D eigenvalue weighted by molar-refractivity contribution is -0.165. The van der Waals surface area contributed by atoms with Crippen LogP contribution in [0, 0.1) is 0 Å². The Morgan fingerprint density at radius 2 is 1.94 bits per heavy atom. The number of benzene rings is 3. The number of nitrogens with zero attached hydrogens (tertiary/aromatic N) is 1. The number of nitrogens with one attached hydrogen (secondary N) is 2. The molecule has 0 saturated carbocycles. The van der Waals surface area contributed by atoms with Crippen LogP contribution in [0.5, 0.6) is 5.75 Å². The van der Waals surface area contributed by atoms with Crippen molar-refractivity contribution in [2.75, 3.05) is 5.32 Å². The average Bonchev–Trinajstić information content (AvgIpc) is 3.36. The van der Waals surface area contributed by atoms with E-state index in [9.17, 15) is 4.79 Å². The summed E-state index contributed by atoms with van der Waals surface area (Å²) in [5, 5.41) is 5.56. The van der Waals surface area contributed by atoms with E-state index in [2.05, 4.69) is 29.8 Å². The van der Waals surface area contributed by atoms with Crippen LogP contribution in [-0.4, -0.2) is 10.9 Å². The molecule has 0 radical (unpaired) electrons. The molecule has 0 aliphatic carbocycles. The molecule has 2 N–H and O–H groups in total. The van der Waals surface area contributed by atoms with Gasteiger partial charge in [0.2, 0.25) is 0 Å². The molecule has 2 unspecified atom stereocenters. The normalized spacial score (nSPS) is 23.4. The van der Waals surface area contributed by atoms with Crippen molar-refractivity contribution in [3.05, 3.63) is 100 Å². The van der Waals surface area contributed by atoms with Crippen molar-refractivity contribution in [3.63, 3.8) is 0 Å². The summed E-state index contributed by atoms with van der Waals surface area (Å²) in [6.45, 7) is 2.10. The largest absolute Gasteiger partial charge is 0.457 e. The molecule has 1 spiro atoms. The molecule has 0 bridgehead atoms. The number of fused-ring (bicyclic) bond motifs is 6. The number of carbonyl (C=O) groups is 1. The van der Waals surface area contributed by atoms with Gasteiger partial charge in [-0.25, -0.2) is 0 Å². The van der Waals surface area contributed by atoms with Gasteiger partial charge in [0.1, 0.15) is 5.75 Å². The number of anilines is 1. The molecule has 31 heavy (non-hydrogen) atoms. The Morgan fingerprint density at radius 1 is 1.10 bits per heavy atom. The molecule has 154 valence electrons. The molecule has 3 aliphatic heterocycles. The van der Waals surface area contributed by atoms with Gasteiger partial charge in [-0.05, 0) is 54.0 Å². The van der Waals surface area contributed by atoms with Crippen LogP contribution in [0.1, 0.15) is 35.2 Å². The first-order chi connectivity index (χ1) is 15.1. The van der Waals surface area contributed by atoms with Crippen LogP contribution in [0.2, 0.25) is 5.02 Å². The highest BCUT2D eigenvalue weighted by atomic mass is 35.5. The molecule has 2 atom stereocenters. The Balaban J connectivity index is 1.57. The van der Waals surface area contributed by atoms with Crippen molar-refractivity contribution in [2.24, 2.45) is 0 Å². The number of halogens is 1. The smallest absolute Gasteiger partial charge is 0.291 e. The second-order valence-corrected chi connectivity index (χ2v) is 8.43. The summed E-state index contributed by atoms with van der Waals surface area (Å²) in [6.07, 6.45) is 3.00. The van der Waals surface area contributed by atoms with Crippen LogP contribution in [0.25, 0.3) is 5.70 Å². The summed E-state index contributed by atoms with van der Waals surface area (Å²) >= 11 is 6.33. The molecule has 6 heteroatoms. The van der Waals surface area contributed by atoms with Gasteiger partial charge in [-0.3, -0.25) is 4.79 Å². The topological polar surface area (TPSA) is 53.6 Å². The molecule has 3 aromatic rings. The van der Waals surface area contributed by atoms with Gasteiger partial charge in [0.15, 0.2) is 0 Å². The Bertz CT molecular complexity index is 1260. The van der Waals surface area contributed by atoms with Crippen molar-refractivity contribution in [1.29, 1.82) is 0 Å². The van der Waals surface area contributed by atoms with Crippen molar-refractivity contribution in [2.45, 2.75) is 25.1 Å². The Morgan fingerprint density at radius 3 is 2.74 bits per heavy atom. The zero-order valence-corrected chi connectivity index (χ0v) is 17.6. The molecule has 3 heterocycles. The van der Waals surface area contributed by atoms with E-state index in [0.29, 0.717) is 10.8 Å². The van der Waals surface area contributed by atoms with Crippen LogP contribution in [-0.2, 0) is 16.9 Å². The molecule has 6 rings (SSSR count). The number of rotatable bonds is 2. The zero-order chi connectivity index (χ0) is 21.2. The minimum absolute atomic E-state index is 0.212. The van der Waals surface area contributed by atoms with E-state index >= 15 is 0 Å². The van der Waals surface area contributed by atoms with Crippen LogP contribution >= 0.6 is 11.6 Å². The Kier molecular flexibility index (Phi) is 3.94. The minimum atomic E-state index is -1.32.